The van der Waals surface area contributed by atoms with Crippen LogP contribution < -0.4 is 4.83 Å². The Morgan fingerprint density at radius 2 is 1.89 bits per heavy atom. The molecule has 2 rings (SSSR count). The number of hydrogen-bond acceptors (Lipinski definition) is 3. The van der Waals surface area contributed by atoms with Crippen LogP contribution in [0.15, 0.2) is 34.3 Å². The van der Waals surface area contributed by atoms with Crippen molar-refractivity contribution in [2.45, 2.75) is 44.4 Å². The number of sulfonamides is 1. The monoisotopic (exact) mass is 280 g/mol. The van der Waals surface area contributed by atoms with E-state index in [1.54, 1.807) is 24.3 Å². The van der Waals surface area contributed by atoms with Crippen molar-refractivity contribution in [1.82, 2.24) is 4.83 Å². The quantitative estimate of drug-likeness (QED) is 0.865. The van der Waals surface area contributed by atoms with Crippen molar-refractivity contribution >= 4 is 15.7 Å². The first-order chi connectivity index (χ1) is 8.99. The molecule has 1 N–H and O–H groups in total. The van der Waals surface area contributed by atoms with E-state index in [0.717, 1.165) is 30.5 Å². The molecule has 0 saturated heterocycles. The van der Waals surface area contributed by atoms with Gasteiger partial charge >= 0.3 is 0 Å². The van der Waals surface area contributed by atoms with E-state index in [-0.39, 0.29) is 4.90 Å². The zero-order chi connectivity index (χ0) is 13.9. The average Bonchev–Trinajstić information content (AvgIpc) is 2.38. The van der Waals surface area contributed by atoms with Gasteiger partial charge in [0.25, 0.3) is 10.0 Å². The Kier molecular flexibility index (Phi) is 4.24. The summed E-state index contributed by atoms with van der Waals surface area (Å²) in [5, 5.41) is 4.11. The highest BCUT2D eigenvalue weighted by Gasteiger charge is 2.18. The van der Waals surface area contributed by atoms with Crippen LogP contribution in [0.5, 0.6) is 0 Å². The van der Waals surface area contributed by atoms with Crippen LogP contribution in [-0.2, 0) is 10.0 Å². The summed E-state index contributed by atoms with van der Waals surface area (Å²) < 4.78 is 24.1. The van der Waals surface area contributed by atoms with E-state index in [1.165, 1.54) is 6.42 Å². The molecule has 1 unspecified atom stereocenters. The molecule has 0 radical (unpaired) electrons. The van der Waals surface area contributed by atoms with E-state index in [2.05, 4.69) is 16.9 Å². The Bertz CT molecular complexity index is 562. The summed E-state index contributed by atoms with van der Waals surface area (Å²) in [5.74, 6) is 0.370. The first-order valence-corrected chi connectivity index (χ1v) is 8.12. The van der Waals surface area contributed by atoms with Crippen molar-refractivity contribution < 1.29 is 8.42 Å². The molecule has 1 atom stereocenters. The van der Waals surface area contributed by atoms with E-state index in [4.69, 9.17) is 0 Å². The van der Waals surface area contributed by atoms with Gasteiger partial charge in [-0.2, -0.15) is 13.5 Å². The first kappa shape index (κ1) is 14.1. The zero-order valence-electron chi connectivity index (χ0n) is 11.4. The fraction of sp³-hybridized carbons (Fsp3) is 0.500. The maximum atomic E-state index is 12.1. The van der Waals surface area contributed by atoms with Gasteiger partial charge in [0.2, 0.25) is 0 Å². The highest BCUT2D eigenvalue weighted by molar-refractivity contribution is 7.89. The fourth-order valence-electron chi connectivity index (χ4n) is 2.22. The second kappa shape index (κ2) is 5.74. The lowest BCUT2D eigenvalue weighted by atomic mass is 9.89. The third kappa shape index (κ3) is 3.56. The number of aryl methyl sites for hydroxylation is 1. The molecular weight excluding hydrogens is 260 g/mol. The summed E-state index contributed by atoms with van der Waals surface area (Å²) in [4.78, 5) is 2.61. The van der Waals surface area contributed by atoms with Crippen LogP contribution in [-0.4, -0.2) is 14.1 Å². The molecule has 1 saturated carbocycles. The number of hydrazone groups is 1. The van der Waals surface area contributed by atoms with Gasteiger partial charge in [0.05, 0.1) is 4.90 Å². The Morgan fingerprint density at radius 1 is 1.21 bits per heavy atom. The van der Waals surface area contributed by atoms with Crippen molar-refractivity contribution in [3.63, 3.8) is 0 Å². The van der Waals surface area contributed by atoms with Crippen molar-refractivity contribution in [3.8, 4) is 0 Å². The van der Waals surface area contributed by atoms with E-state index >= 15 is 0 Å². The number of rotatable bonds is 3. The Labute approximate surface area is 115 Å². The van der Waals surface area contributed by atoms with E-state index in [1.807, 2.05) is 6.92 Å². The highest BCUT2D eigenvalue weighted by Crippen LogP contribution is 2.21. The van der Waals surface area contributed by atoms with Gasteiger partial charge in [0.15, 0.2) is 0 Å². The van der Waals surface area contributed by atoms with Gasteiger partial charge in [0, 0.05) is 5.71 Å². The lowest BCUT2D eigenvalue weighted by Crippen LogP contribution is -2.24. The molecule has 0 aliphatic heterocycles. The minimum absolute atomic E-state index is 0.255. The summed E-state index contributed by atoms with van der Waals surface area (Å²) in [5.41, 5.74) is 1.99. The summed E-state index contributed by atoms with van der Waals surface area (Å²) in [6.07, 6.45) is 4.27. The molecule has 19 heavy (non-hydrogen) atoms. The second-order valence-corrected chi connectivity index (χ2v) is 6.82. The fourth-order valence-corrected chi connectivity index (χ4v) is 3.06. The minimum atomic E-state index is -3.54. The van der Waals surface area contributed by atoms with E-state index < -0.39 is 10.0 Å². The molecule has 0 bridgehead atoms. The van der Waals surface area contributed by atoms with E-state index in [9.17, 15) is 8.42 Å². The third-order valence-corrected chi connectivity index (χ3v) is 4.75. The van der Waals surface area contributed by atoms with Crippen LogP contribution in [0, 0.1) is 12.8 Å². The van der Waals surface area contributed by atoms with Gasteiger partial charge in [-0.15, -0.1) is 0 Å². The average molecular weight is 280 g/mol. The molecule has 0 spiro atoms. The highest BCUT2D eigenvalue weighted by atomic mass is 32.2. The van der Waals surface area contributed by atoms with Crippen LogP contribution in [0.1, 0.15) is 38.2 Å². The Hall–Kier alpha value is -1.36. The molecule has 1 aliphatic carbocycles. The predicted molar refractivity (Wildman–Crippen MR) is 76.6 cm³/mol. The molecule has 1 aromatic carbocycles. The minimum Gasteiger partial charge on any atom is -0.200 e. The maximum Gasteiger partial charge on any atom is 0.276 e. The van der Waals surface area contributed by atoms with Gasteiger partial charge in [-0.05, 0) is 44.2 Å². The smallest absolute Gasteiger partial charge is 0.200 e. The van der Waals surface area contributed by atoms with Crippen molar-refractivity contribution in [2.75, 3.05) is 0 Å². The summed E-state index contributed by atoms with van der Waals surface area (Å²) in [7, 11) is -3.54. The van der Waals surface area contributed by atoms with Crippen LogP contribution in [0.3, 0.4) is 0 Å². The summed E-state index contributed by atoms with van der Waals surface area (Å²) in [6.45, 7) is 4.02. The number of nitrogens with one attached hydrogen (secondary N) is 1. The van der Waals surface area contributed by atoms with E-state index in [0.29, 0.717) is 5.92 Å². The molecule has 0 amide bonds. The van der Waals surface area contributed by atoms with Crippen LogP contribution in [0.25, 0.3) is 0 Å². The van der Waals surface area contributed by atoms with Crippen LogP contribution in [0.4, 0.5) is 0 Å². The second-order valence-electron chi connectivity index (χ2n) is 5.16. The van der Waals surface area contributed by atoms with Crippen LogP contribution >= 0.6 is 0 Å². The van der Waals surface area contributed by atoms with Crippen molar-refractivity contribution in [2.24, 2.45) is 11.0 Å². The summed E-state index contributed by atoms with van der Waals surface area (Å²) in [6, 6.07) is 6.76. The lowest BCUT2D eigenvalue weighted by molar-refractivity contribution is 0.552. The molecule has 0 heterocycles. The molecule has 4 nitrogen and oxygen atoms in total. The number of nitrogens with zero attached hydrogens (tertiary/aromatic N) is 1. The van der Waals surface area contributed by atoms with Gasteiger partial charge in [-0.25, -0.2) is 4.83 Å². The number of benzene rings is 1. The molecule has 104 valence electrons. The number of hydrogen-bond donors (Lipinski definition) is 1. The van der Waals surface area contributed by atoms with Gasteiger partial charge in [0.1, 0.15) is 0 Å². The maximum absolute atomic E-state index is 12.1. The van der Waals surface area contributed by atoms with Crippen molar-refractivity contribution in [3.05, 3.63) is 29.8 Å². The molecule has 1 aromatic rings. The van der Waals surface area contributed by atoms with Gasteiger partial charge < -0.3 is 0 Å². The molecule has 1 aliphatic rings. The zero-order valence-corrected chi connectivity index (χ0v) is 12.2. The Balaban J connectivity index is 2.13. The molecular formula is C14H20N2O2S. The normalized spacial score (nSPS) is 22.4. The molecule has 1 fully saturated rings. The van der Waals surface area contributed by atoms with Crippen LogP contribution in [0.2, 0.25) is 0 Å². The Morgan fingerprint density at radius 3 is 2.53 bits per heavy atom. The van der Waals surface area contributed by atoms with Gasteiger partial charge in [-0.1, -0.05) is 31.0 Å². The summed E-state index contributed by atoms with van der Waals surface area (Å²) >= 11 is 0. The first-order valence-electron chi connectivity index (χ1n) is 6.64. The topological polar surface area (TPSA) is 58.5 Å². The standard InChI is InChI=1S/C14H20N2O2S/c1-11-7-9-13(10-8-11)19(17,18)16-15-14-6-4-3-5-12(14)2/h7-10,12,16H,3-6H2,1-2H3/b15-14+. The van der Waals surface area contributed by atoms with Crippen molar-refractivity contribution in [1.29, 1.82) is 0 Å². The predicted octanol–water partition coefficient (Wildman–Crippen LogP) is 2.84. The largest absolute Gasteiger partial charge is 0.276 e. The molecule has 0 aromatic heterocycles. The SMILES string of the molecule is Cc1ccc(S(=O)(=O)N/N=C2\CCCCC2C)cc1. The third-order valence-electron chi connectivity index (χ3n) is 3.53. The molecule has 5 heteroatoms. The lowest BCUT2D eigenvalue weighted by Gasteiger charge is -2.19. The van der Waals surface area contributed by atoms with Gasteiger partial charge in [-0.3, -0.25) is 0 Å².